The van der Waals surface area contributed by atoms with Crippen LogP contribution in [0, 0.1) is 20.2 Å². The van der Waals surface area contributed by atoms with Crippen LogP contribution in [-0.4, -0.2) is 29.2 Å². The zero-order valence-electron chi connectivity index (χ0n) is 13.1. The standard InChI is InChI=1S/C13H11N5O7S/c1-8(19)16(26(24,25)10-4-2-9(14)3-5-10)13-11(17(20)21)6-15-7-12(13)18(22)23/h2-7H,14H2,1H3. The van der Waals surface area contributed by atoms with Crippen LogP contribution in [-0.2, 0) is 14.8 Å². The van der Waals surface area contributed by atoms with Gasteiger partial charge in [-0.05, 0) is 24.3 Å². The van der Waals surface area contributed by atoms with Crippen molar-refractivity contribution in [1.29, 1.82) is 0 Å². The number of anilines is 2. The van der Waals surface area contributed by atoms with E-state index in [-0.39, 0.29) is 9.99 Å². The molecule has 2 rings (SSSR count). The molecule has 26 heavy (non-hydrogen) atoms. The van der Waals surface area contributed by atoms with Gasteiger partial charge in [0, 0.05) is 12.6 Å². The van der Waals surface area contributed by atoms with Gasteiger partial charge in [0.1, 0.15) is 12.4 Å². The first kappa shape index (κ1) is 18.7. The Hall–Kier alpha value is -3.61. The van der Waals surface area contributed by atoms with Crippen molar-refractivity contribution in [1.82, 2.24) is 4.98 Å². The van der Waals surface area contributed by atoms with E-state index in [1.807, 2.05) is 0 Å². The van der Waals surface area contributed by atoms with E-state index in [0.29, 0.717) is 12.4 Å². The van der Waals surface area contributed by atoms with E-state index in [1.165, 1.54) is 12.1 Å². The normalized spacial score (nSPS) is 11.0. The summed E-state index contributed by atoms with van der Waals surface area (Å²) in [7, 11) is -4.69. The molecular weight excluding hydrogens is 370 g/mol. The third kappa shape index (κ3) is 3.27. The summed E-state index contributed by atoms with van der Waals surface area (Å²) in [6.45, 7) is 0.808. The summed E-state index contributed by atoms with van der Waals surface area (Å²) in [5.74, 6) is -1.18. The lowest BCUT2D eigenvalue weighted by molar-refractivity contribution is -0.393. The molecule has 2 N–H and O–H groups in total. The molecule has 2 aromatic rings. The van der Waals surface area contributed by atoms with Gasteiger partial charge in [-0.3, -0.25) is 30.0 Å². The van der Waals surface area contributed by atoms with Crippen LogP contribution >= 0.6 is 0 Å². The van der Waals surface area contributed by atoms with Gasteiger partial charge in [0.25, 0.3) is 10.0 Å². The van der Waals surface area contributed by atoms with E-state index < -0.39 is 47.7 Å². The molecule has 1 heterocycles. The number of pyridine rings is 1. The maximum atomic E-state index is 12.8. The van der Waals surface area contributed by atoms with E-state index in [0.717, 1.165) is 19.1 Å². The molecule has 0 radical (unpaired) electrons. The molecule has 1 aromatic carbocycles. The number of amides is 1. The third-order valence-electron chi connectivity index (χ3n) is 3.18. The lowest BCUT2D eigenvalue weighted by Crippen LogP contribution is -2.36. The summed E-state index contributed by atoms with van der Waals surface area (Å²) in [6, 6.07) is 4.61. The Balaban J connectivity index is 2.84. The summed E-state index contributed by atoms with van der Waals surface area (Å²) in [4.78, 5) is 35.3. The van der Waals surface area contributed by atoms with Gasteiger partial charge in [-0.2, -0.15) is 4.31 Å². The molecule has 0 bridgehead atoms. The van der Waals surface area contributed by atoms with Crippen molar-refractivity contribution in [3.05, 3.63) is 56.9 Å². The highest BCUT2D eigenvalue weighted by molar-refractivity contribution is 7.93. The van der Waals surface area contributed by atoms with E-state index in [2.05, 4.69) is 4.98 Å². The fraction of sp³-hybridized carbons (Fsp3) is 0.0769. The Bertz CT molecular complexity index is 972. The number of aromatic nitrogens is 1. The molecule has 0 unspecified atom stereocenters. The van der Waals surface area contributed by atoms with Crippen LogP contribution in [0.3, 0.4) is 0 Å². The molecule has 0 fully saturated rings. The van der Waals surface area contributed by atoms with Gasteiger partial charge in [-0.15, -0.1) is 0 Å². The molecule has 0 aliphatic carbocycles. The van der Waals surface area contributed by atoms with Crippen LogP contribution in [0.4, 0.5) is 22.7 Å². The summed E-state index contributed by atoms with van der Waals surface area (Å²) in [5, 5.41) is 22.5. The lowest BCUT2D eigenvalue weighted by atomic mass is 10.3. The van der Waals surface area contributed by atoms with Gasteiger partial charge in [-0.25, -0.2) is 8.42 Å². The maximum absolute atomic E-state index is 12.8. The SMILES string of the molecule is CC(=O)N(c1c([N+](=O)[O-])cncc1[N+](=O)[O-])S(=O)(=O)c1ccc(N)cc1. The summed E-state index contributed by atoms with van der Waals surface area (Å²) in [5.41, 5.74) is 2.70. The third-order valence-corrected chi connectivity index (χ3v) is 4.97. The average Bonchev–Trinajstić information content (AvgIpc) is 2.54. The number of sulfonamides is 1. The number of hydrogen-bond acceptors (Lipinski definition) is 9. The van der Waals surface area contributed by atoms with E-state index in [9.17, 15) is 33.4 Å². The van der Waals surface area contributed by atoms with Crippen LogP contribution in [0.15, 0.2) is 41.6 Å². The maximum Gasteiger partial charge on any atom is 0.319 e. The highest BCUT2D eigenvalue weighted by Crippen LogP contribution is 2.39. The molecule has 1 aromatic heterocycles. The Labute approximate surface area is 146 Å². The highest BCUT2D eigenvalue weighted by atomic mass is 32.2. The number of nitrogens with zero attached hydrogens (tertiary/aromatic N) is 4. The van der Waals surface area contributed by atoms with E-state index >= 15 is 0 Å². The second-order valence-electron chi connectivity index (χ2n) is 4.90. The number of nitro groups is 2. The monoisotopic (exact) mass is 381 g/mol. The largest absolute Gasteiger partial charge is 0.399 e. The van der Waals surface area contributed by atoms with Gasteiger partial charge in [0.05, 0.1) is 14.7 Å². The molecule has 136 valence electrons. The van der Waals surface area contributed by atoms with Crippen molar-refractivity contribution < 1.29 is 23.1 Å². The molecule has 12 nitrogen and oxygen atoms in total. The number of carbonyl (C=O) groups is 1. The molecule has 0 saturated carbocycles. The Morgan fingerprint density at radius 2 is 1.54 bits per heavy atom. The smallest absolute Gasteiger partial charge is 0.319 e. The first-order valence-corrected chi connectivity index (χ1v) is 8.19. The van der Waals surface area contributed by atoms with Gasteiger partial charge in [0.15, 0.2) is 0 Å². The number of carbonyl (C=O) groups excluding carboxylic acids is 1. The van der Waals surface area contributed by atoms with E-state index in [1.54, 1.807) is 0 Å². The van der Waals surface area contributed by atoms with Crippen molar-refractivity contribution in [2.24, 2.45) is 0 Å². The first-order chi connectivity index (χ1) is 12.1. The van der Waals surface area contributed by atoms with Gasteiger partial charge >= 0.3 is 11.4 Å². The minimum atomic E-state index is -4.69. The molecule has 0 spiro atoms. The minimum Gasteiger partial charge on any atom is -0.399 e. The van der Waals surface area contributed by atoms with Crippen LogP contribution in [0.2, 0.25) is 0 Å². The van der Waals surface area contributed by atoms with Crippen LogP contribution in [0.5, 0.6) is 0 Å². The summed E-state index contributed by atoms with van der Waals surface area (Å²) < 4.78 is 25.7. The van der Waals surface area contributed by atoms with Crippen molar-refractivity contribution in [3.8, 4) is 0 Å². The number of rotatable bonds is 5. The number of hydrogen-bond donors (Lipinski definition) is 1. The summed E-state index contributed by atoms with van der Waals surface area (Å²) >= 11 is 0. The molecule has 13 heteroatoms. The molecule has 0 aliphatic heterocycles. The zero-order chi connectivity index (χ0) is 19.6. The molecule has 0 saturated heterocycles. The number of benzene rings is 1. The van der Waals surface area contributed by atoms with Gasteiger partial charge in [-0.1, -0.05) is 0 Å². The fourth-order valence-corrected chi connectivity index (χ4v) is 3.56. The predicted molar refractivity (Wildman–Crippen MR) is 88.7 cm³/mol. The van der Waals surface area contributed by atoms with Crippen LogP contribution < -0.4 is 10.0 Å². The van der Waals surface area contributed by atoms with E-state index in [4.69, 9.17) is 5.73 Å². The number of nitrogen functional groups attached to an aromatic ring is 1. The second-order valence-corrected chi connectivity index (χ2v) is 6.68. The Kier molecular flexibility index (Phi) is 4.84. The van der Waals surface area contributed by atoms with Crippen LogP contribution in [0.25, 0.3) is 0 Å². The second kappa shape index (κ2) is 6.72. The number of nitrogens with two attached hydrogens (primary N) is 1. The minimum absolute atomic E-state index is 0.0104. The van der Waals surface area contributed by atoms with Gasteiger partial charge in [0.2, 0.25) is 11.6 Å². The van der Waals surface area contributed by atoms with Gasteiger partial charge < -0.3 is 5.73 Å². The average molecular weight is 381 g/mol. The van der Waals surface area contributed by atoms with Crippen molar-refractivity contribution in [3.63, 3.8) is 0 Å². The predicted octanol–water partition coefficient (Wildman–Crippen LogP) is 1.22. The lowest BCUT2D eigenvalue weighted by Gasteiger charge is -2.20. The van der Waals surface area contributed by atoms with Crippen LogP contribution in [0.1, 0.15) is 6.92 Å². The molecule has 1 amide bonds. The Morgan fingerprint density at radius 1 is 1.08 bits per heavy atom. The zero-order valence-corrected chi connectivity index (χ0v) is 13.9. The molecule has 0 aliphatic rings. The van der Waals surface area contributed by atoms with Crippen molar-refractivity contribution in [2.75, 3.05) is 10.0 Å². The first-order valence-electron chi connectivity index (χ1n) is 6.75. The fourth-order valence-electron chi connectivity index (χ4n) is 2.10. The molecule has 0 atom stereocenters. The molecular formula is C13H11N5O7S. The van der Waals surface area contributed by atoms with Crippen molar-refractivity contribution >= 4 is 38.7 Å². The summed E-state index contributed by atoms with van der Waals surface area (Å²) in [6.07, 6.45) is 1.24. The van der Waals surface area contributed by atoms with Crippen molar-refractivity contribution in [2.45, 2.75) is 11.8 Å². The Morgan fingerprint density at radius 3 is 1.92 bits per heavy atom. The highest BCUT2D eigenvalue weighted by Gasteiger charge is 2.40. The quantitative estimate of drug-likeness (QED) is 0.452. The topological polar surface area (TPSA) is 180 Å².